The zero-order chi connectivity index (χ0) is 19.7. The molecule has 3 N–H and O–H groups in total. The Morgan fingerprint density at radius 3 is 2.68 bits per heavy atom. The fraction of sp³-hybridized carbons (Fsp3) is 0.632. The smallest absolute Gasteiger partial charge is 0.223 e. The molecule has 2 aromatic rings. The Morgan fingerprint density at radius 1 is 1.14 bits per heavy atom. The first-order valence-electron chi connectivity index (χ1n) is 9.88. The number of aromatic nitrogens is 4. The minimum atomic E-state index is -0.626. The van der Waals surface area contributed by atoms with Gasteiger partial charge in [-0.05, 0) is 45.8 Å². The molecule has 1 aliphatic heterocycles. The van der Waals surface area contributed by atoms with Gasteiger partial charge in [0, 0.05) is 18.2 Å². The second kappa shape index (κ2) is 8.32. The van der Waals surface area contributed by atoms with E-state index in [-0.39, 0.29) is 6.04 Å². The lowest BCUT2D eigenvalue weighted by atomic mass is 9.90. The van der Waals surface area contributed by atoms with E-state index in [0.29, 0.717) is 42.0 Å². The molecular weight excluding hydrogens is 380 g/mol. The maximum atomic E-state index is 10.2. The van der Waals surface area contributed by atoms with E-state index in [0.717, 1.165) is 31.5 Å². The molecule has 2 fully saturated rings. The van der Waals surface area contributed by atoms with Crippen molar-refractivity contribution in [3.8, 4) is 11.3 Å². The van der Waals surface area contributed by atoms with Crippen molar-refractivity contribution in [3.63, 3.8) is 0 Å². The van der Waals surface area contributed by atoms with Crippen LogP contribution in [0, 0.1) is 0 Å². The molecule has 1 aliphatic carbocycles. The SMILES string of the molecule is CN1CCC(n2cc(-c3nc(N[C@H]4CC[C@@H](O)C[C@H]4O)ncc3Cl)cn2)CC1. The predicted molar refractivity (Wildman–Crippen MR) is 107 cm³/mol. The fourth-order valence-corrected chi connectivity index (χ4v) is 4.22. The molecule has 2 aromatic heterocycles. The normalized spacial score (nSPS) is 27.1. The number of likely N-dealkylation sites (tertiary alicyclic amines) is 1. The van der Waals surface area contributed by atoms with E-state index in [1.165, 1.54) is 0 Å². The summed E-state index contributed by atoms with van der Waals surface area (Å²) in [4.78, 5) is 11.2. The molecule has 3 heterocycles. The standard InChI is InChI=1S/C19H27ClN6O2/c1-25-6-4-13(5-7-25)26-11-12(9-22-26)18-15(20)10-21-19(24-18)23-16-3-2-14(27)8-17(16)28/h9-11,13-14,16-17,27-28H,2-8H2,1H3,(H,21,23,24)/t14-,16+,17-/m1/s1. The van der Waals surface area contributed by atoms with Crippen molar-refractivity contribution < 1.29 is 10.2 Å². The van der Waals surface area contributed by atoms with Crippen LogP contribution in [-0.4, -0.2) is 73.2 Å². The minimum Gasteiger partial charge on any atom is -0.393 e. The average Bonchev–Trinajstić information content (AvgIpc) is 3.16. The first-order valence-corrected chi connectivity index (χ1v) is 10.3. The monoisotopic (exact) mass is 406 g/mol. The van der Waals surface area contributed by atoms with Crippen molar-refractivity contribution in [1.29, 1.82) is 0 Å². The van der Waals surface area contributed by atoms with E-state index in [2.05, 4.69) is 32.3 Å². The van der Waals surface area contributed by atoms with E-state index in [4.69, 9.17) is 11.6 Å². The highest BCUT2D eigenvalue weighted by Crippen LogP contribution is 2.29. The maximum absolute atomic E-state index is 10.2. The van der Waals surface area contributed by atoms with Crippen LogP contribution in [0.3, 0.4) is 0 Å². The first kappa shape index (κ1) is 19.6. The summed E-state index contributed by atoms with van der Waals surface area (Å²) in [6.07, 6.45) is 8.13. The van der Waals surface area contributed by atoms with Crippen LogP contribution in [0.5, 0.6) is 0 Å². The Balaban J connectivity index is 1.50. The van der Waals surface area contributed by atoms with Gasteiger partial charge < -0.3 is 20.4 Å². The molecule has 0 aromatic carbocycles. The highest BCUT2D eigenvalue weighted by atomic mass is 35.5. The van der Waals surface area contributed by atoms with Crippen LogP contribution >= 0.6 is 11.6 Å². The molecule has 1 saturated carbocycles. The number of nitrogens with zero attached hydrogens (tertiary/aromatic N) is 5. The average molecular weight is 407 g/mol. The van der Waals surface area contributed by atoms with Crippen LogP contribution in [0.1, 0.15) is 38.1 Å². The Hall–Kier alpha value is -1.74. The molecule has 0 unspecified atom stereocenters. The van der Waals surface area contributed by atoms with Gasteiger partial charge in [0.2, 0.25) is 5.95 Å². The fourth-order valence-electron chi connectivity index (χ4n) is 4.02. The Kier molecular flexibility index (Phi) is 5.82. The van der Waals surface area contributed by atoms with Crippen LogP contribution in [0.2, 0.25) is 5.02 Å². The summed E-state index contributed by atoms with van der Waals surface area (Å²) >= 11 is 6.36. The van der Waals surface area contributed by atoms with Gasteiger partial charge >= 0.3 is 0 Å². The van der Waals surface area contributed by atoms with Crippen LogP contribution in [0.4, 0.5) is 5.95 Å². The number of hydrogen-bond acceptors (Lipinski definition) is 7. The van der Waals surface area contributed by atoms with Crippen molar-refractivity contribution in [2.45, 2.75) is 56.4 Å². The molecule has 0 bridgehead atoms. The van der Waals surface area contributed by atoms with Crippen LogP contribution in [0.15, 0.2) is 18.6 Å². The van der Waals surface area contributed by atoms with Crippen LogP contribution in [0.25, 0.3) is 11.3 Å². The number of anilines is 1. The second-order valence-electron chi connectivity index (χ2n) is 7.92. The molecule has 28 heavy (non-hydrogen) atoms. The summed E-state index contributed by atoms with van der Waals surface area (Å²) in [5.41, 5.74) is 1.48. The Bertz CT molecular complexity index is 807. The molecule has 0 spiro atoms. The second-order valence-corrected chi connectivity index (χ2v) is 8.33. The number of halogens is 1. The zero-order valence-electron chi connectivity index (χ0n) is 16.0. The molecule has 3 atom stereocenters. The van der Waals surface area contributed by atoms with Gasteiger partial charge in [0.1, 0.15) is 0 Å². The zero-order valence-corrected chi connectivity index (χ0v) is 16.8. The summed E-state index contributed by atoms with van der Waals surface area (Å²) in [5.74, 6) is 0.423. The van der Waals surface area contributed by atoms with E-state index < -0.39 is 12.2 Å². The van der Waals surface area contributed by atoms with Crippen molar-refractivity contribution in [1.82, 2.24) is 24.6 Å². The number of aliphatic hydroxyl groups excluding tert-OH is 2. The van der Waals surface area contributed by atoms with Crippen molar-refractivity contribution in [3.05, 3.63) is 23.6 Å². The van der Waals surface area contributed by atoms with Gasteiger partial charge in [-0.3, -0.25) is 4.68 Å². The highest BCUT2D eigenvalue weighted by Gasteiger charge is 2.28. The van der Waals surface area contributed by atoms with Gasteiger partial charge in [0.25, 0.3) is 0 Å². The van der Waals surface area contributed by atoms with E-state index >= 15 is 0 Å². The lowest BCUT2D eigenvalue weighted by Gasteiger charge is -2.31. The molecule has 152 valence electrons. The molecule has 2 aliphatic rings. The molecule has 8 nitrogen and oxygen atoms in total. The van der Waals surface area contributed by atoms with E-state index in [9.17, 15) is 10.2 Å². The summed E-state index contributed by atoms with van der Waals surface area (Å²) < 4.78 is 2.01. The third-order valence-electron chi connectivity index (χ3n) is 5.78. The lowest BCUT2D eigenvalue weighted by Crippen LogP contribution is -2.41. The summed E-state index contributed by atoms with van der Waals surface area (Å²) in [5, 5.41) is 28.0. The van der Waals surface area contributed by atoms with Gasteiger partial charge in [-0.1, -0.05) is 11.6 Å². The van der Waals surface area contributed by atoms with Crippen molar-refractivity contribution in [2.24, 2.45) is 0 Å². The topological polar surface area (TPSA) is 99.3 Å². The molecular formula is C19H27ClN6O2. The van der Waals surface area contributed by atoms with Gasteiger partial charge in [-0.2, -0.15) is 5.10 Å². The van der Waals surface area contributed by atoms with Crippen molar-refractivity contribution in [2.75, 3.05) is 25.5 Å². The van der Waals surface area contributed by atoms with E-state index in [1.54, 1.807) is 12.4 Å². The number of aliphatic hydroxyl groups is 2. The minimum absolute atomic E-state index is 0.181. The number of rotatable bonds is 4. The molecule has 1 saturated heterocycles. The third kappa shape index (κ3) is 4.30. The number of nitrogens with one attached hydrogen (secondary N) is 1. The van der Waals surface area contributed by atoms with Crippen LogP contribution in [-0.2, 0) is 0 Å². The van der Waals surface area contributed by atoms with Gasteiger partial charge in [-0.15, -0.1) is 0 Å². The van der Waals surface area contributed by atoms with E-state index in [1.807, 2.05) is 10.9 Å². The third-order valence-corrected chi connectivity index (χ3v) is 6.06. The lowest BCUT2D eigenvalue weighted by molar-refractivity contribution is 0.0321. The van der Waals surface area contributed by atoms with Crippen molar-refractivity contribution >= 4 is 17.5 Å². The molecule has 9 heteroatoms. The molecule has 0 amide bonds. The molecule has 4 rings (SSSR count). The largest absolute Gasteiger partial charge is 0.393 e. The molecule has 0 radical (unpaired) electrons. The maximum Gasteiger partial charge on any atom is 0.223 e. The highest BCUT2D eigenvalue weighted by molar-refractivity contribution is 6.32. The van der Waals surface area contributed by atoms with Gasteiger partial charge in [-0.25, -0.2) is 9.97 Å². The Morgan fingerprint density at radius 2 is 1.93 bits per heavy atom. The van der Waals surface area contributed by atoms with Crippen LogP contribution < -0.4 is 5.32 Å². The summed E-state index contributed by atoms with van der Waals surface area (Å²) in [6, 6.07) is 0.214. The summed E-state index contributed by atoms with van der Waals surface area (Å²) in [7, 11) is 2.14. The summed E-state index contributed by atoms with van der Waals surface area (Å²) in [6.45, 7) is 2.14. The van der Waals surface area contributed by atoms with Gasteiger partial charge in [0.15, 0.2) is 0 Å². The predicted octanol–water partition coefficient (Wildman–Crippen LogP) is 1.95. The Labute approximate surface area is 169 Å². The quantitative estimate of drug-likeness (QED) is 0.713. The first-order chi connectivity index (χ1) is 13.5. The number of hydrogen-bond donors (Lipinski definition) is 3. The number of piperidine rings is 1. The van der Waals surface area contributed by atoms with Gasteiger partial charge in [0.05, 0.1) is 47.4 Å².